The average molecular weight is 343 g/mol. The molecule has 0 saturated carbocycles. The number of nitrogens with two attached hydrogens (primary N) is 1. The van der Waals surface area contributed by atoms with Crippen molar-refractivity contribution in [2.75, 3.05) is 26.8 Å². The van der Waals surface area contributed by atoms with Crippen molar-refractivity contribution in [3.8, 4) is 11.5 Å². The van der Waals surface area contributed by atoms with E-state index in [1.165, 1.54) is 0 Å². The Morgan fingerprint density at radius 1 is 1.39 bits per heavy atom. The van der Waals surface area contributed by atoms with Crippen molar-refractivity contribution in [2.24, 2.45) is 5.73 Å². The quantitative estimate of drug-likeness (QED) is 0.774. The fourth-order valence-corrected chi connectivity index (χ4v) is 2.76. The molecule has 0 aromatic heterocycles. The summed E-state index contributed by atoms with van der Waals surface area (Å²) in [6, 6.07) is 5.53. The third-order valence-electron chi connectivity index (χ3n) is 4.08. The van der Waals surface area contributed by atoms with E-state index in [1.54, 1.807) is 19.2 Å². The van der Waals surface area contributed by atoms with Crippen molar-refractivity contribution in [1.82, 2.24) is 4.90 Å². The van der Waals surface area contributed by atoms with Crippen LogP contribution in [0.2, 0.25) is 0 Å². The van der Waals surface area contributed by atoms with Crippen LogP contribution in [0.1, 0.15) is 43.0 Å². The third kappa shape index (κ3) is 4.75. The van der Waals surface area contributed by atoms with E-state index in [0.29, 0.717) is 30.2 Å². The first-order valence-electron chi connectivity index (χ1n) is 8.03. The average Bonchev–Trinajstić information content (AvgIpc) is 3.03. The number of hydrogen-bond acceptors (Lipinski definition) is 4. The molecular formula is C17H27ClN2O3. The van der Waals surface area contributed by atoms with Crippen LogP contribution in [-0.2, 0) is 0 Å². The number of unbranched alkanes of at least 4 members (excludes halogenated alkanes) is 1. The number of likely N-dealkylation sites (tertiary alicyclic amines) is 1. The number of carbonyl (C=O) groups excluding carboxylic acids is 1. The highest BCUT2D eigenvalue weighted by Crippen LogP contribution is 2.30. The fourth-order valence-electron chi connectivity index (χ4n) is 2.76. The predicted molar refractivity (Wildman–Crippen MR) is 93.8 cm³/mol. The zero-order valence-electron chi connectivity index (χ0n) is 13.9. The lowest BCUT2D eigenvalue weighted by molar-refractivity contribution is 0.0740. The van der Waals surface area contributed by atoms with Gasteiger partial charge in [-0.05, 0) is 37.5 Å². The van der Waals surface area contributed by atoms with Crippen molar-refractivity contribution >= 4 is 18.3 Å². The molecule has 1 unspecified atom stereocenters. The molecule has 1 atom stereocenters. The highest BCUT2D eigenvalue weighted by molar-refractivity contribution is 5.95. The van der Waals surface area contributed by atoms with Crippen LogP contribution >= 0.6 is 12.4 Å². The van der Waals surface area contributed by atoms with Gasteiger partial charge in [0.2, 0.25) is 0 Å². The molecule has 5 nitrogen and oxygen atoms in total. The molecule has 0 radical (unpaired) electrons. The normalized spacial score (nSPS) is 16.8. The first kappa shape index (κ1) is 19.6. The second-order valence-electron chi connectivity index (χ2n) is 5.60. The SMILES string of the molecule is CCCCOc1ccc(C(=O)N2CCCC2CN)cc1OC.Cl. The lowest BCUT2D eigenvalue weighted by Gasteiger charge is -2.24. The molecule has 2 rings (SSSR count). The maximum atomic E-state index is 12.6. The van der Waals surface area contributed by atoms with Gasteiger partial charge < -0.3 is 20.1 Å². The lowest BCUT2D eigenvalue weighted by atomic mass is 10.1. The molecule has 0 spiro atoms. The van der Waals surface area contributed by atoms with Crippen LogP contribution in [-0.4, -0.2) is 43.7 Å². The Morgan fingerprint density at radius 3 is 2.83 bits per heavy atom. The lowest BCUT2D eigenvalue weighted by Crippen LogP contribution is -2.39. The molecule has 23 heavy (non-hydrogen) atoms. The number of methoxy groups -OCH3 is 1. The Hall–Kier alpha value is -1.46. The third-order valence-corrected chi connectivity index (χ3v) is 4.08. The summed E-state index contributed by atoms with van der Waals surface area (Å²) < 4.78 is 11.1. The predicted octanol–water partition coefficient (Wildman–Crippen LogP) is 2.86. The summed E-state index contributed by atoms with van der Waals surface area (Å²) in [5, 5.41) is 0. The van der Waals surface area contributed by atoms with Gasteiger partial charge in [0, 0.05) is 24.7 Å². The van der Waals surface area contributed by atoms with E-state index in [4.69, 9.17) is 15.2 Å². The Morgan fingerprint density at radius 2 is 2.17 bits per heavy atom. The van der Waals surface area contributed by atoms with Crippen LogP contribution in [0.5, 0.6) is 11.5 Å². The standard InChI is InChI=1S/C17H26N2O3.ClH/c1-3-4-10-22-15-8-7-13(11-16(15)21-2)17(20)19-9-5-6-14(19)12-18;/h7-8,11,14H,3-6,9-10,12,18H2,1-2H3;1H. The van der Waals surface area contributed by atoms with Gasteiger partial charge in [0.1, 0.15) is 0 Å². The number of carbonyl (C=O) groups is 1. The van der Waals surface area contributed by atoms with Crippen LogP contribution in [0.3, 0.4) is 0 Å². The van der Waals surface area contributed by atoms with Crippen molar-refractivity contribution in [1.29, 1.82) is 0 Å². The van der Waals surface area contributed by atoms with E-state index in [2.05, 4.69) is 6.92 Å². The number of amides is 1. The highest BCUT2D eigenvalue weighted by atomic mass is 35.5. The first-order valence-corrected chi connectivity index (χ1v) is 8.03. The van der Waals surface area contributed by atoms with E-state index in [9.17, 15) is 4.79 Å². The second-order valence-corrected chi connectivity index (χ2v) is 5.60. The summed E-state index contributed by atoms with van der Waals surface area (Å²) in [7, 11) is 1.59. The van der Waals surface area contributed by atoms with Crippen molar-refractivity contribution in [3.63, 3.8) is 0 Å². The molecular weight excluding hydrogens is 316 g/mol. The summed E-state index contributed by atoms with van der Waals surface area (Å²) in [4.78, 5) is 14.5. The van der Waals surface area contributed by atoms with Crippen molar-refractivity contribution in [2.45, 2.75) is 38.6 Å². The molecule has 1 aliphatic rings. The van der Waals surface area contributed by atoms with Gasteiger partial charge >= 0.3 is 0 Å². The molecule has 1 amide bonds. The minimum absolute atomic E-state index is 0. The molecule has 1 aromatic carbocycles. The number of ether oxygens (including phenoxy) is 2. The van der Waals surface area contributed by atoms with Gasteiger partial charge in [0.05, 0.1) is 13.7 Å². The monoisotopic (exact) mass is 342 g/mol. The highest BCUT2D eigenvalue weighted by Gasteiger charge is 2.28. The van der Waals surface area contributed by atoms with E-state index < -0.39 is 0 Å². The molecule has 0 bridgehead atoms. The molecule has 0 aliphatic carbocycles. The van der Waals surface area contributed by atoms with Gasteiger partial charge in [0.25, 0.3) is 5.91 Å². The summed E-state index contributed by atoms with van der Waals surface area (Å²) in [6.45, 7) is 4.06. The summed E-state index contributed by atoms with van der Waals surface area (Å²) in [5.41, 5.74) is 6.37. The zero-order chi connectivity index (χ0) is 15.9. The Bertz CT molecular complexity index is 511. The van der Waals surface area contributed by atoms with Gasteiger partial charge in [-0.1, -0.05) is 13.3 Å². The smallest absolute Gasteiger partial charge is 0.254 e. The molecule has 2 N–H and O–H groups in total. The van der Waals surface area contributed by atoms with Crippen LogP contribution in [0.25, 0.3) is 0 Å². The van der Waals surface area contributed by atoms with Crippen LogP contribution < -0.4 is 15.2 Å². The van der Waals surface area contributed by atoms with E-state index in [1.807, 2.05) is 11.0 Å². The van der Waals surface area contributed by atoms with E-state index in [-0.39, 0.29) is 24.4 Å². The minimum Gasteiger partial charge on any atom is -0.493 e. The Balaban J connectivity index is 0.00000264. The molecule has 1 aliphatic heterocycles. The summed E-state index contributed by atoms with van der Waals surface area (Å²) in [6.07, 6.45) is 4.07. The van der Waals surface area contributed by atoms with Crippen LogP contribution in [0.4, 0.5) is 0 Å². The number of nitrogens with zero attached hydrogens (tertiary/aromatic N) is 1. The maximum Gasteiger partial charge on any atom is 0.254 e. The number of hydrogen-bond donors (Lipinski definition) is 1. The summed E-state index contributed by atoms with van der Waals surface area (Å²) in [5.74, 6) is 1.31. The van der Waals surface area contributed by atoms with Gasteiger partial charge in [-0.3, -0.25) is 4.79 Å². The molecule has 1 aromatic rings. The first-order chi connectivity index (χ1) is 10.7. The molecule has 1 saturated heterocycles. The molecule has 1 fully saturated rings. The van der Waals surface area contributed by atoms with Crippen molar-refractivity contribution < 1.29 is 14.3 Å². The topological polar surface area (TPSA) is 64.8 Å². The van der Waals surface area contributed by atoms with Gasteiger partial charge in [-0.25, -0.2) is 0 Å². The van der Waals surface area contributed by atoms with Gasteiger partial charge in [-0.2, -0.15) is 0 Å². The van der Waals surface area contributed by atoms with Gasteiger partial charge in [0.15, 0.2) is 11.5 Å². The van der Waals surface area contributed by atoms with Crippen molar-refractivity contribution in [3.05, 3.63) is 23.8 Å². The summed E-state index contributed by atoms with van der Waals surface area (Å²) >= 11 is 0. The molecule has 130 valence electrons. The fraction of sp³-hybridized carbons (Fsp3) is 0.588. The number of halogens is 1. The Labute approximate surface area is 144 Å². The molecule has 6 heteroatoms. The van der Waals surface area contributed by atoms with E-state index in [0.717, 1.165) is 32.2 Å². The second kappa shape index (κ2) is 9.63. The maximum absolute atomic E-state index is 12.6. The van der Waals surface area contributed by atoms with Crippen LogP contribution in [0.15, 0.2) is 18.2 Å². The zero-order valence-corrected chi connectivity index (χ0v) is 14.7. The Kier molecular flexibility index (Phi) is 8.20. The van der Waals surface area contributed by atoms with E-state index >= 15 is 0 Å². The van der Waals surface area contributed by atoms with Gasteiger partial charge in [-0.15, -0.1) is 12.4 Å². The minimum atomic E-state index is 0. The largest absolute Gasteiger partial charge is 0.493 e. The molecule has 1 heterocycles. The van der Waals surface area contributed by atoms with Crippen LogP contribution in [0, 0.1) is 0 Å². The number of benzene rings is 1. The number of rotatable bonds is 7.